The lowest BCUT2D eigenvalue weighted by molar-refractivity contribution is -0.138. The van der Waals surface area contributed by atoms with Gasteiger partial charge in [0.15, 0.2) is 23.0 Å². The number of carbonyl (C=O) groups is 6. The summed E-state index contributed by atoms with van der Waals surface area (Å²) in [6.07, 6.45) is 10.8. The minimum absolute atomic E-state index is 0.00460. The third-order valence-electron chi connectivity index (χ3n) is 24.5. The molecular formula is C112H106F6N8O13S4. The Morgan fingerprint density at radius 1 is 0.336 bits per heavy atom. The lowest BCUT2D eigenvalue weighted by atomic mass is 9.88. The number of thioether (sulfide) groups is 4. The van der Waals surface area contributed by atoms with Crippen LogP contribution in [0.3, 0.4) is 0 Å². The highest BCUT2D eigenvalue weighted by atomic mass is 32.2. The van der Waals surface area contributed by atoms with Crippen LogP contribution in [-0.2, 0) is 45.2 Å². The average Bonchev–Trinajstić information content (AvgIpc) is 1.65. The molecule has 143 heavy (non-hydrogen) atoms. The first kappa shape index (κ1) is 103. The molecule has 0 bridgehead atoms. The summed E-state index contributed by atoms with van der Waals surface area (Å²) in [6.45, 7) is 9.47. The van der Waals surface area contributed by atoms with E-state index in [1.165, 1.54) is 129 Å². The molecule has 21 nitrogen and oxygen atoms in total. The van der Waals surface area contributed by atoms with Gasteiger partial charge in [-0.25, -0.2) is 46.4 Å². The van der Waals surface area contributed by atoms with Crippen molar-refractivity contribution >= 4 is 102 Å². The van der Waals surface area contributed by atoms with Crippen LogP contribution in [0.5, 0.6) is 40.2 Å². The fourth-order valence-corrected chi connectivity index (χ4v) is 22.1. The van der Waals surface area contributed by atoms with E-state index in [0.29, 0.717) is 74.3 Å². The van der Waals surface area contributed by atoms with Gasteiger partial charge in [-0.2, -0.15) is 20.4 Å². The van der Waals surface area contributed by atoms with E-state index in [1.54, 1.807) is 98.9 Å². The van der Waals surface area contributed by atoms with Gasteiger partial charge in [-0.1, -0.05) is 201 Å². The van der Waals surface area contributed by atoms with E-state index in [-0.39, 0.29) is 82.1 Å². The lowest BCUT2D eigenvalue weighted by Gasteiger charge is -2.28. The number of benzene rings is 12. The van der Waals surface area contributed by atoms with E-state index in [9.17, 15) is 46.3 Å². The second-order valence-electron chi connectivity index (χ2n) is 34.9. The fraction of sp³-hybridized carbons (Fsp3) is 0.268. The van der Waals surface area contributed by atoms with E-state index < -0.39 is 45.0 Å². The second kappa shape index (κ2) is 48.3. The van der Waals surface area contributed by atoms with Gasteiger partial charge in [-0.05, 0) is 227 Å². The number of hydrogen-bond donors (Lipinski definition) is 0. The van der Waals surface area contributed by atoms with E-state index >= 15 is 8.78 Å². The largest absolute Gasteiger partial charge is 0.497 e. The number of amides is 4. The van der Waals surface area contributed by atoms with Crippen LogP contribution in [0.1, 0.15) is 204 Å². The Hall–Kier alpha value is -13.9. The zero-order valence-electron chi connectivity index (χ0n) is 80.4. The number of hydrogen-bond acceptors (Lipinski definition) is 21. The minimum Gasteiger partial charge on any atom is -0.497 e. The molecule has 12 aromatic rings. The molecule has 0 N–H and O–H groups in total. The van der Waals surface area contributed by atoms with Crippen molar-refractivity contribution in [1.29, 1.82) is 0 Å². The molecule has 6 aliphatic rings. The Kier molecular flexibility index (Phi) is 34.9. The summed E-state index contributed by atoms with van der Waals surface area (Å²) in [4.78, 5) is 77.5. The minimum atomic E-state index is -1.11. The van der Waals surface area contributed by atoms with Crippen LogP contribution in [0, 0.1) is 67.5 Å². The molecule has 4 amide bonds. The molecule has 0 radical (unpaired) electrons. The molecule has 12 aromatic carbocycles. The molecule has 18 rings (SSSR count). The molecule has 2 aliphatic carbocycles. The van der Waals surface area contributed by atoms with Crippen molar-refractivity contribution < 1.29 is 88.3 Å². The number of rotatable bonds is 27. The number of Topliss-reactive ketones (excluding diaryl/α,β-unsaturated/α-hetero) is 2. The van der Waals surface area contributed by atoms with Crippen LogP contribution in [0.4, 0.5) is 26.3 Å². The Bertz CT molecular complexity index is 6770. The highest BCUT2D eigenvalue weighted by Crippen LogP contribution is 2.53. The molecule has 31 heteroatoms. The number of ketones is 2. The maximum atomic E-state index is 15.0. The summed E-state index contributed by atoms with van der Waals surface area (Å²) in [5.74, 6) is -1.56. The summed E-state index contributed by atoms with van der Waals surface area (Å²) >= 11 is 5.54. The molecule has 2 saturated carbocycles. The Morgan fingerprint density at radius 2 is 0.678 bits per heavy atom. The van der Waals surface area contributed by atoms with Gasteiger partial charge in [0, 0.05) is 86.9 Å². The molecule has 4 heterocycles. The van der Waals surface area contributed by atoms with Crippen LogP contribution in [0.15, 0.2) is 275 Å². The average molecular weight is 2010 g/mol. The number of ether oxygens (including phenoxy) is 7. The number of nitrogens with zero attached hydrogens (tertiary/aromatic N) is 8. The van der Waals surface area contributed by atoms with Gasteiger partial charge in [-0.3, -0.25) is 28.8 Å². The van der Waals surface area contributed by atoms with Crippen molar-refractivity contribution in [2.75, 3.05) is 35.5 Å². The zero-order chi connectivity index (χ0) is 101. The number of methoxy groups -OCH3 is 5. The van der Waals surface area contributed by atoms with E-state index in [4.69, 9.17) is 43.4 Å². The smallest absolute Gasteiger partial charge is 0.281 e. The third-order valence-corrected chi connectivity index (χ3v) is 29.4. The monoisotopic (exact) mass is 2010 g/mol. The second-order valence-corrected chi connectivity index (χ2v) is 39.1. The van der Waals surface area contributed by atoms with Crippen molar-refractivity contribution in [1.82, 2.24) is 20.0 Å². The first-order valence-electron chi connectivity index (χ1n) is 46.6. The Labute approximate surface area is 843 Å². The lowest BCUT2D eigenvalue weighted by Crippen LogP contribution is -2.33. The van der Waals surface area contributed by atoms with E-state index in [1.807, 2.05) is 142 Å². The molecule has 738 valence electrons. The molecule has 0 spiro atoms. The van der Waals surface area contributed by atoms with E-state index in [2.05, 4.69) is 10.2 Å². The van der Waals surface area contributed by atoms with Crippen LogP contribution < -0.4 is 33.2 Å². The molecule has 0 saturated heterocycles. The number of halogens is 6. The van der Waals surface area contributed by atoms with Crippen LogP contribution >= 0.6 is 47.0 Å². The van der Waals surface area contributed by atoms with Gasteiger partial charge in [0.2, 0.25) is 11.8 Å². The molecular weight excluding hydrogens is 1910 g/mol. The molecule has 0 aromatic heterocycles. The van der Waals surface area contributed by atoms with Crippen molar-refractivity contribution in [3.63, 3.8) is 0 Å². The molecule has 4 aliphatic heterocycles. The van der Waals surface area contributed by atoms with Gasteiger partial charge in [-0.15, -0.1) is 0 Å². The zero-order valence-corrected chi connectivity index (χ0v) is 83.7. The van der Waals surface area contributed by atoms with Crippen molar-refractivity contribution in [3.8, 4) is 40.2 Å². The maximum absolute atomic E-state index is 15.0. The van der Waals surface area contributed by atoms with Crippen LogP contribution in [0.25, 0.3) is 0 Å². The molecule has 4 unspecified atom stereocenters. The predicted molar refractivity (Wildman–Crippen MR) is 548 cm³/mol. The predicted octanol–water partition coefficient (Wildman–Crippen LogP) is 25.5. The number of carbonyl (C=O) groups excluding carboxylic acids is 6. The van der Waals surface area contributed by atoms with Crippen molar-refractivity contribution in [2.24, 2.45) is 32.2 Å². The van der Waals surface area contributed by atoms with Crippen molar-refractivity contribution in [3.05, 3.63) is 384 Å². The van der Waals surface area contributed by atoms with Gasteiger partial charge in [0.05, 0.1) is 35.5 Å². The topological polar surface area (TPSA) is 229 Å². The SMILES string of the molecule is COc1c(OCc2cccc(CC(C)=O)c2)cccc1C1SC(c2ccc(F)cc2)=NN1C(=O)C1CCCCC1.COc1cc(C)ccc1C1SC(c2ccc(F)cc2)=NN1C(=O)C1CCCCC1.COc1cc(C)ccc1C1SC(c2ccc(F)cc2)=NN1C(=O)c1ccccc1C.COc1cc(F)c(C(=O)N2N=C(c3ccc(F)cc3)SC2c2cccc(OCc3cccc(CC(C)=O)c3)c2OC)c(F)c1. The van der Waals surface area contributed by atoms with Gasteiger partial charge < -0.3 is 33.2 Å². The summed E-state index contributed by atoms with van der Waals surface area (Å²) in [7, 11) is 7.55. The summed E-state index contributed by atoms with van der Waals surface area (Å²) in [5.41, 5.74) is 12.2. The third kappa shape index (κ3) is 25.4. The quantitative estimate of drug-likeness (QED) is 0.0436. The Balaban J connectivity index is 0.000000146. The first-order valence-corrected chi connectivity index (χ1v) is 50.2. The highest BCUT2D eigenvalue weighted by molar-refractivity contribution is 8.15. The normalized spacial score (nSPS) is 16.6. The summed E-state index contributed by atoms with van der Waals surface area (Å²) in [5, 5.41) is 24.5. The number of aryl methyl sites for hydroxylation is 3. The Morgan fingerprint density at radius 3 is 1.04 bits per heavy atom. The van der Waals surface area contributed by atoms with Gasteiger partial charge >= 0.3 is 0 Å². The van der Waals surface area contributed by atoms with Crippen LogP contribution in [-0.4, -0.2) is 111 Å². The first-order chi connectivity index (χ1) is 69.1. The van der Waals surface area contributed by atoms with Crippen LogP contribution in [0.2, 0.25) is 0 Å². The maximum Gasteiger partial charge on any atom is 0.281 e. The molecule has 4 atom stereocenters. The number of hydrazone groups is 4. The fourth-order valence-electron chi connectivity index (χ4n) is 17.3. The molecule has 2 fully saturated rings. The van der Waals surface area contributed by atoms with Gasteiger partial charge in [0.25, 0.3) is 11.8 Å². The number of para-hydroxylation sites is 2. The standard InChI is InChI=1S/C33H27F3N2O5S.C32H33FN2O4S.C24H21FN2O2S.C23H25FN2O2S/c1-19(39)14-20-6-4-7-21(15-20)18-43-28-9-5-8-25(30(28)42-3)33-38(37-31(44-33)22-10-12-23(34)13-11-22)32(40)29-26(35)16-24(41-2)17-27(29)36;1-21(36)18-22-8-6-9-23(19-22)20-39-28-13-7-12-27(29(28)38-2)32-35(31(37)25-10-4-3-5-11-25)34-30(40-32)24-14-16-26(33)17-15-24;1-15-8-13-20(21(14-15)29-3)24-27(23(28)19-7-5-4-6-16(19)2)26-22(30-24)17-9-11-18(25)12-10-17;1-15-8-13-19(20(14-15)28-2)23-26(22(27)17-6-4-3-5-7-17)25-21(29-23)16-9-11-18(24)12-10-16/h4-13,15-17,33H,14,18H2,1-3H3;6-9,12-17,19,25,32H,3-5,10-11,18,20H2,1-2H3;4-14,24H,1-3H3;8-14,17,23H,3-7H2,1-2H3. The van der Waals surface area contributed by atoms with Gasteiger partial charge in [0.1, 0.15) is 124 Å². The van der Waals surface area contributed by atoms with E-state index in [0.717, 1.165) is 170 Å². The summed E-state index contributed by atoms with van der Waals surface area (Å²) < 4.78 is 124. The van der Waals surface area contributed by atoms with Crippen molar-refractivity contribution in [2.45, 2.75) is 146 Å². The highest BCUT2D eigenvalue weighted by Gasteiger charge is 2.44. The summed E-state index contributed by atoms with van der Waals surface area (Å²) in [6, 6.07) is 71.3.